The zero-order valence-electron chi connectivity index (χ0n) is 32.4. The van der Waals surface area contributed by atoms with E-state index in [0.29, 0.717) is 17.5 Å². The highest BCUT2D eigenvalue weighted by Gasteiger charge is 2.45. The normalized spacial score (nSPS) is 21.7. The van der Waals surface area contributed by atoms with Crippen LogP contribution in [0, 0.1) is 19.7 Å². The minimum absolute atomic E-state index is 0.0876. The molecule has 12 heteroatoms. The second-order valence-electron chi connectivity index (χ2n) is 15.0. The summed E-state index contributed by atoms with van der Waals surface area (Å²) >= 11 is 0. The number of unbranched alkanes of at least 4 members (excludes halogenated alkanes) is 11. The molecule has 0 saturated carbocycles. The second kappa shape index (κ2) is 24.5. The van der Waals surface area contributed by atoms with Gasteiger partial charge in [-0.2, -0.15) is 0 Å². The molecule has 2 aromatic rings. The number of amides is 2. The lowest BCUT2D eigenvalue weighted by atomic mass is 9.98. The van der Waals surface area contributed by atoms with E-state index >= 15 is 0 Å². The molecule has 304 valence electrons. The molecule has 1 saturated heterocycles. The summed E-state index contributed by atoms with van der Waals surface area (Å²) in [6.07, 6.45) is 3.72. The number of aryl methyl sites for hydroxylation is 2. The number of rotatable bonds is 25. The molecule has 54 heavy (non-hydrogen) atoms. The molecule has 0 bridgehead atoms. The number of nitrogens with one attached hydrogen (secondary N) is 2. The molecule has 0 radical (unpaired) electrons. The molecular weight excluding hydrogens is 695 g/mol. The minimum atomic E-state index is -1.70. The Morgan fingerprint density at radius 1 is 0.778 bits per heavy atom. The molecular formula is C42H65FN2O9. The Labute approximate surface area is 320 Å². The first-order valence-electron chi connectivity index (χ1n) is 19.9. The van der Waals surface area contributed by atoms with E-state index in [9.17, 15) is 39.5 Å². The van der Waals surface area contributed by atoms with E-state index < -0.39 is 67.3 Å². The second-order valence-corrected chi connectivity index (χ2v) is 15.0. The van der Waals surface area contributed by atoms with Crippen molar-refractivity contribution in [2.45, 2.75) is 166 Å². The maximum absolute atomic E-state index is 14.2. The third-order valence-electron chi connectivity index (χ3n) is 10.2. The monoisotopic (exact) mass is 760 g/mol. The molecule has 1 aliphatic rings. The van der Waals surface area contributed by atoms with Crippen LogP contribution in [0.1, 0.15) is 113 Å². The van der Waals surface area contributed by atoms with Crippen molar-refractivity contribution in [3.05, 3.63) is 70.5 Å². The quantitative estimate of drug-likeness (QED) is 0.0720. The zero-order chi connectivity index (χ0) is 39.5. The van der Waals surface area contributed by atoms with Crippen molar-refractivity contribution in [2.75, 3.05) is 13.2 Å². The molecule has 0 spiro atoms. The summed E-state index contributed by atoms with van der Waals surface area (Å²) in [6.45, 7) is 5.14. The van der Waals surface area contributed by atoms with Crippen LogP contribution in [-0.2, 0) is 31.9 Å². The van der Waals surface area contributed by atoms with Crippen LogP contribution in [-0.4, -0.2) is 99.5 Å². The third-order valence-corrected chi connectivity index (χ3v) is 10.2. The number of aliphatic hydroxyl groups excluding tert-OH is 5. The summed E-state index contributed by atoms with van der Waals surface area (Å²) in [7, 11) is 0. The van der Waals surface area contributed by atoms with Crippen molar-refractivity contribution in [1.82, 2.24) is 10.6 Å². The number of hydrogen-bond donors (Lipinski definition) is 7. The number of benzene rings is 2. The maximum atomic E-state index is 14.2. The fourth-order valence-electron chi connectivity index (χ4n) is 6.64. The molecule has 11 nitrogen and oxygen atoms in total. The summed E-state index contributed by atoms with van der Waals surface area (Å²) in [4.78, 5) is 25.7. The lowest BCUT2D eigenvalue weighted by Gasteiger charge is -2.41. The van der Waals surface area contributed by atoms with Crippen LogP contribution in [0.2, 0.25) is 0 Å². The third kappa shape index (κ3) is 16.0. The molecule has 1 heterocycles. The Balaban J connectivity index is 1.55. The SMILES string of the molecule is CCCCCCCCCCCCCC[C@@H](O)[C@@H](O)[C@H](CO[C@H]1OC(CNC(=O)Cc2ccc(C)cc2)[C@H](O)C(O)[C@@H]1O)NC(=O)Cc1ccc(C)c(F)c1. The van der Waals surface area contributed by atoms with E-state index in [0.717, 1.165) is 30.4 Å². The van der Waals surface area contributed by atoms with Gasteiger partial charge in [-0.1, -0.05) is 126 Å². The number of carbonyl (C=O) groups excluding carboxylic acids is 2. The number of ether oxygens (including phenoxy) is 2. The molecule has 2 amide bonds. The topological polar surface area (TPSA) is 178 Å². The molecule has 0 aliphatic carbocycles. The Morgan fingerprint density at radius 3 is 1.96 bits per heavy atom. The fraction of sp³-hybridized carbons (Fsp3) is 0.667. The van der Waals surface area contributed by atoms with Crippen molar-refractivity contribution in [2.24, 2.45) is 0 Å². The Kier molecular flexibility index (Phi) is 20.6. The van der Waals surface area contributed by atoms with Crippen molar-refractivity contribution < 1.29 is 49.0 Å². The van der Waals surface area contributed by atoms with Crippen LogP contribution in [0.5, 0.6) is 0 Å². The number of carbonyl (C=O) groups is 2. The van der Waals surface area contributed by atoms with Gasteiger partial charge in [0.15, 0.2) is 6.29 Å². The van der Waals surface area contributed by atoms with Gasteiger partial charge in [0.05, 0.1) is 31.6 Å². The number of halogens is 1. The number of aliphatic hydroxyl groups is 5. The maximum Gasteiger partial charge on any atom is 0.224 e. The molecule has 2 aromatic carbocycles. The van der Waals surface area contributed by atoms with Crippen LogP contribution in [0.3, 0.4) is 0 Å². The Hall–Kier alpha value is -2.97. The zero-order valence-corrected chi connectivity index (χ0v) is 32.4. The summed E-state index contributed by atoms with van der Waals surface area (Å²) in [6, 6.07) is 10.7. The average molecular weight is 761 g/mol. The predicted molar refractivity (Wildman–Crippen MR) is 205 cm³/mol. The van der Waals surface area contributed by atoms with Crippen molar-refractivity contribution in [1.29, 1.82) is 0 Å². The van der Waals surface area contributed by atoms with Gasteiger partial charge in [-0.05, 0) is 43.0 Å². The first-order valence-corrected chi connectivity index (χ1v) is 19.9. The lowest BCUT2D eigenvalue weighted by Crippen LogP contribution is -2.61. The van der Waals surface area contributed by atoms with Gasteiger partial charge in [-0.15, -0.1) is 0 Å². The fourth-order valence-corrected chi connectivity index (χ4v) is 6.64. The van der Waals surface area contributed by atoms with Crippen molar-refractivity contribution in [3.8, 4) is 0 Å². The summed E-state index contributed by atoms with van der Waals surface area (Å²) in [5, 5.41) is 59.5. The van der Waals surface area contributed by atoms with E-state index in [-0.39, 0.29) is 31.7 Å². The minimum Gasteiger partial charge on any atom is -0.390 e. The van der Waals surface area contributed by atoms with Gasteiger partial charge in [0, 0.05) is 6.54 Å². The average Bonchev–Trinajstić information content (AvgIpc) is 3.15. The van der Waals surface area contributed by atoms with Crippen LogP contribution in [0.25, 0.3) is 0 Å². The molecule has 1 aliphatic heterocycles. The number of hydrogen-bond acceptors (Lipinski definition) is 9. The van der Waals surface area contributed by atoms with Crippen LogP contribution < -0.4 is 10.6 Å². The Bertz CT molecular complexity index is 1380. The van der Waals surface area contributed by atoms with Crippen LogP contribution in [0.15, 0.2) is 42.5 Å². The van der Waals surface area contributed by atoms with Gasteiger partial charge in [-0.3, -0.25) is 9.59 Å². The highest BCUT2D eigenvalue weighted by molar-refractivity contribution is 5.79. The molecule has 8 atom stereocenters. The van der Waals surface area contributed by atoms with Crippen LogP contribution in [0.4, 0.5) is 4.39 Å². The first kappa shape index (κ1) is 45.4. The lowest BCUT2D eigenvalue weighted by molar-refractivity contribution is -0.297. The van der Waals surface area contributed by atoms with E-state index in [1.54, 1.807) is 19.1 Å². The molecule has 7 N–H and O–H groups in total. The van der Waals surface area contributed by atoms with Crippen molar-refractivity contribution in [3.63, 3.8) is 0 Å². The molecule has 0 aromatic heterocycles. The molecule has 3 rings (SSSR count). The molecule has 1 fully saturated rings. The highest BCUT2D eigenvalue weighted by Crippen LogP contribution is 2.23. The molecule has 2 unspecified atom stereocenters. The highest BCUT2D eigenvalue weighted by atomic mass is 19.1. The van der Waals surface area contributed by atoms with Gasteiger partial charge < -0.3 is 45.6 Å². The summed E-state index contributed by atoms with van der Waals surface area (Å²) in [5.41, 5.74) is 2.70. The van der Waals surface area contributed by atoms with Crippen LogP contribution >= 0.6 is 0 Å². The summed E-state index contributed by atoms with van der Waals surface area (Å²) in [5.74, 6) is -1.35. The van der Waals surface area contributed by atoms with E-state index in [2.05, 4.69) is 17.6 Å². The van der Waals surface area contributed by atoms with Gasteiger partial charge in [-0.25, -0.2) is 4.39 Å². The van der Waals surface area contributed by atoms with E-state index in [1.165, 1.54) is 57.4 Å². The smallest absolute Gasteiger partial charge is 0.224 e. The standard InChI is InChI=1S/C42H65FN2O9/c1-4-5-6-7-8-9-10-11-12-13-14-15-16-34(46)38(49)33(45-37(48)25-31-22-19-29(3)32(43)23-31)27-53-42-41(52)40(51)39(50)35(54-42)26-44-36(47)24-30-20-17-28(2)18-21-30/h17-23,33-35,38-42,46,49-52H,4-16,24-27H2,1-3H3,(H,44,47)(H,45,48)/t33-,34+,35?,38-,39-,40?,41-,42-/m0/s1. The van der Waals surface area contributed by atoms with Gasteiger partial charge in [0.25, 0.3) is 0 Å². The largest absolute Gasteiger partial charge is 0.390 e. The predicted octanol–water partition coefficient (Wildman–Crippen LogP) is 4.47. The van der Waals surface area contributed by atoms with Gasteiger partial charge >= 0.3 is 0 Å². The van der Waals surface area contributed by atoms with E-state index in [1.807, 2.05) is 31.2 Å². The summed E-state index contributed by atoms with van der Waals surface area (Å²) < 4.78 is 25.7. The van der Waals surface area contributed by atoms with Crippen molar-refractivity contribution >= 4 is 11.8 Å². The van der Waals surface area contributed by atoms with Gasteiger partial charge in [0.2, 0.25) is 11.8 Å². The Morgan fingerprint density at radius 2 is 1.35 bits per heavy atom. The first-order chi connectivity index (χ1) is 25.9. The van der Waals surface area contributed by atoms with E-state index in [4.69, 9.17) is 9.47 Å². The van der Waals surface area contributed by atoms with Gasteiger partial charge in [0.1, 0.15) is 36.3 Å².